The summed E-state index contributed by atoms with van der Waals surface area (Å²) < 4.78 is 0. The maximum atomic E-state index is 3.00. The average molecular weight is 219 g/mol. The van der Waals surface area contributed by atoms with Gasteiger partial charge in [-0.2, -0.15) is 30.3 Å². The van der Waals surface area contributed by atoms with Crippen LogP contribution in [0.3, 0.4) is 0 Å². The molecule has 0 aliphatic rings. The van der Waals surface area contributed by atoms with Gasteiger partial charge in [-0.25, -0.2) is 0 Å². The van der Waals surface area contributed by atoms with Crippen molar-refractivity contribution in [3.63, 3.8) is 0 Å². The van der Waals surface area contributed by atoms with E-state index in [0.29, 0.717) is 0 Å². The molecule has 0 aliphatic heterocycles. The molecule has 0 nitrogen and oxygen atoms in total. The maximum Gasteiger partial charge on any atom is 2.00 e. The Kier molecular flexibility index (Phi) is 3.85. The molecule has 0 amide bonds. The molecule has 0 saturated carbocycles. The minimum Gasteiger partial charge on any atom is -0.184 e. The van der Waals surface area contributed by atoms with Crippen molar-refractivity contribution in [1.82, 2.24) is 0 Å². The first-order valence-corrected chi connectivity index (χ1v) is 3.98. The second-order valence-corrected chi connectivity index (χ2v) is 2.65. The standard InChI is InChI=1S/C12H9.Zn/c1-3-7-11(8-4-1)12-9-5-2-6-10-12;/h1,3-10H;/q-1;+2. The zero-order valence-corrected chi connectivity index (χ0v) is 10.4. The Bertz CT molecular complexity index is 303. The van der Waals surface area contributed by atoms with Crippen LogP contribution in [0.25, 0.3) is 11.1 Å². The van der Waals surface area contributed by atoms with Gasteiger partial charge >= 0.3 is 19.5 Å². The van der Waals surface area contributed by atoms with Crippen molar-refractivity contribution in [1.29, 1.82) is 0 Å². The van der Waals surface area contributed by atoms with Gasteiger partial charge in [0.25, 0.3) is 0 Å². The van der Waals surface area contributed by atoms with E-state index in [1.165, 1.54) is 11.1 Å². The third kappa shape index (κ3) is 2.50. The summed E-state index contributed by atoms with van der Waals surface area (Å²) in [5.74, 6) is 0. The van der Waals surface area contributed by atoms with Crippen molar-refractivity contribution in [3.05, 3.63) is 60.7 Å². The Hall–Kier alpha value is -0.937. The molecule has 0 unspecified atom stereocenters. The van der Waals surface area contributed by atoms with Gasteiger partial charge in [0.15, 0.2) is 0 Å². The van der Waals surface area contributed by atoms with Gasteiger partial charge in [0.05, 0.1) is 0 Å². The van der Waals surface area contributed by atoms with Crippen LogP contribution in [0.4, 0.5) is 0 Å². The molecule has 2 aromatic carbocycles. The molecule has 0 aromatic heterocycles. The molecule has 0 atom stereocenters. The number of benzene rings is 2. The Morgan fingerprint density at radius 1 is 0.692 bits per heavy atom. The molecule has 0 radical (unpaired) electrons. The number of hydrogen-bond donors (Lipinski definition) is 0. The topological polar surface area (TPSA) is 0 Å². The summed E-state index contributed by atoms with van der Waals surface area (Å²) in [6.07, 6.45) is 0. The molecule has 0 aliphatic carbocycles. The van der Waals surface area contributed by atoms with Crippen molar-refractivity contribution >= 4 is 0 Å². The fraction of sp³-hybridized carbons (Fsp3) is 0. The van der Waals surface area contributed by atoms with E-state index in [0.717, 1.165) is 0 Å². The summed E-state index contributed by atoms with van der Waals surface area (Å²) >= 11 is 0. The molecule has 13 heavy (non-hydrogen) atoms. The van der Waals surface area contributed by atoms with E-state index < -0.39 is 0 Å². The van der Waals surface area contributed by atoms with E-state index in [9.17, 15) is 0 Å². The van der Waals surface area contributed by atoms with Crippen LogP contribution in [0.5, 0.6) is 0 Å². The van der Waals surface area contributed by atoms with Crippen LogP contribution in [-0.2, 0) is 19.5 Å². The smallest absolute Gasteiger partial charge is 0.184 e. The van der Waals surface area contributed by atoms with Crippen molar-refractivity contribution < 1.29 is 19.5 Å². The normalized spacial score (nSPS) is 8.92. The van der Waals surface area contributed by atoms with Crippen LogP contribution in [0, 0.1) is 6.07 Å². The second kappa shape index (κ2) is 4.94. The van der Waals surface area contributed by atoms with Gasteiger partial charge in [-0.05, 0) is 5.56 Å². The Morgan fingerprint density at radius 3 is 1.85 bits per heavy atom. The van der Waals surface area contributed by atoms with E-state index in [4.69, 9.17) is 0 Å². The maximum absolute atomic E-state index is 3.00. The van der Waals surface area contributed by atoms with E-state index in [1.54, 1.807) is 0 Å². The quantitative estimate of drug-likeness (QED) is 0.510. The minimum absolute atomic E-state index is 0. The Labute approximate surface area is 91.4 Å². The summed E-state index contributed by atoms with van der Waals surface area (Å²) in [7, 11) is 0. The van der Waals surface area contributed by atoms with Crippen LogP contribution in [-0.4, -0.2) is 0 Å². The summed E-state index contributed by atoms with van der Waals surface area (Å²) in [5.41, 5.74) is 2.50. The van der Waals surface area contributed by atoms with Crippen LogP contribution >= 0.6 is 0 Å². The van der Waals surface area contributed by atoms with E-state index >= 15 is 0 Å². The van der Waals surface area contributed by atoms with Gasteiger partial charge in [0, 0.05) is 0 Å². The number of rotatable bonds is 1. The molecule has 2 rings (SSSR count). The fourth-order valence-corrected chi connectivity index (χ4v) is 1.21. The summed E-state index contributed by atoms with van der Waals surface area (Å²) in [6, 6.07) is 21.3. The van der Waals surface area contributed by atoms with E-state index in [1.807, 2.05) is 30.3 Å². The zero-order chi connectivity index (χ0) is 8.23. The van der Waals surface area contributed by atoms with Crippen molar-refractivity contribution in [2.24, 2.45) is 0 Å². The van der Waals surface area contributed by atoms with Crippen molar-refractivity contribution in [2.75, 3.05) is 0 Å². The SMILES string of the molecule is [Zn+2].[c-]1ccc(-c2ccccc2)cc1. The molecule has 0 saturated heterocycles. The van der Waals surface area contributed by atoms with Crippen LogP contribution in [0.1, 0.15) is 0 Å². The van der Waals surface area contributed by atoms with Gasteiger partial charge in [-0.15, -0.1) is 5.56 Å². The van der Waals surface area contributed by atoms with Crippen LogP contribution in [0.15, 0.2) is 54.6 Å². The third-order valence-corrected chi connectivity index (χ3v) is 1.83. The molecule has 0 fully saturated rings. The zero-order valence-electron chi connectivity index (χ0n) is 7.40. The minimum atomic E-state index is 0. The number of hydrogen-bond acceptors (Lipinski definition) is 0. The van der Waals surface area contributed by atoms with Crippen molar-refractivity contribution in [2.45, 2.75) is 0 Å². The monoisotopic (exact) mass is 217 g/mol. The third-order valence-electron chi connectivity index (χ3n) is 1.83. The fourth-order valence-electron chi connectivity index (χ4n) is 1.21. The van der Waals surface area contributed by atoms with Crippen molar-refractivity contribution in [3.8, 4) is 11.1 Å². The molecular formula is C12H9Zn+. The molecule has 2 aromatic rings. The van der Waals surface area contributed by atoms with Gasteiger partial charge in [-0.3, -0.25) is 0 Å². The first-order valence-electron chi connectivity index (χ1n) is 3.98. The average Bonchev–Trinajstić information content (AvgIpc) is 2.21. The van der Waals surface area contributed by atoms with Gasteiger partial charge in [-0.1, -0.05) is 30.3 Å². The predicted molar refractivity (Wildman–Crippen MR) is 50.7 cm³/mol. The van der Waals surface area contributed by atoms with Crippen LogP contribution < -0.4 is 0 Å². The molecule has 58 valence electrons. The predicted octanol–water partition coefficient (Wildman–Crippen LogP) is 3.15. The van der Waals surface area contributed by atoms with E-state index in [-0.39, 0.29) is 19.5 Å². The first kappa shape index (κ1) is 10.1. The Balaban J connectivity index is 0.000000845. The molecule has 0 heterocycles. The summed E-state index contributed by atoms with van der Waals surface area (Å²) in [4.78, 5) is 0. The Morgan fingerprint density at radius 2 is 1.23 bits per heavy atom. The first-order chi connectivity index (χ1) is 5.97. The second-order valence-electron chi connectivity index (χ2n) is 2.65. The molecule has 1 heteroatoms. The molecule has 0 spiro atoms. The van der Waals surface area contributed by atoms with Gasteiger partial charge in [0.1, 0.15) is 0 Å². The molecule has 0 bridgehead atoms. The van der Waals surface area contributed by atoms with Gasteiger partial charge < -0.3 is 0 Å². The molecular weight excluding hydrogens is 210 g/mol. The summed E-state index contributed by atoms with van der Waals surface area (Å²) in [5, 5.41) is 0. The molecule has 0 N–H and O–H groups in total. The van der Waals surface area contributed by atoms with Gasteiger partial charge in [0.2, 0.25) is 0 Å². The largest absolute Gasteiger partial charge is 2.00 e. The van der Waals surface area contributed by atoms with Crippen LogP contribution in [0.2, 0.25) is 0 Å². The van der Waals surface area contributed by atoms with E-state index in [2.05, 4.69) is 30.3 Å². The summed E-state index contributed by atoms with van der Waals surface area (Å²) in [6.45, 7) is 0.